The normalized spacial score (nSPS) is 10.9. The number of aryl methyl sites for hydroxylation is 2. The Balaban J connectivity index is 2.19. The number of halogens is 3. The van der Waals surface area contributed by atoms with Crippen LogP contribution in [-0.2, 0) is 14.1 Å². The molecule has 0 bridgehead atoms. The van der Waals surface area contributed by atoms with Crippen molar-refractivity contribution in [2.45, 2.75) is 0 Å². The highest BCUT2D eigenvalue weighted by molar-refractivity contribution is 6.48. The topological polar surface area (TPSA) is 130 Å². The first-order valence-electron chi connectivity index (χ1n) is 7.10. The number of tetrazole rings is 1. The highest BCUT2D eigenvalue weighted by Crippen LogP contribution is 2.33. The van der Waals surface area contributed by atoms with Crippen molar-refractivity contribution in [3.8, 4) is 5.69 Å². The van der Waals surface area contributed by atoms with Gasteiger partial charge in [0, 0.05) is 14.1 Å². The van der Waals surface area contributed by atoms with Crippen LogP contribution >= 0.6 is 34.8 Å². The van der Waals surface area contributed by atoms with E-state index in [9.17, 15) is 14.4 Å². The first-order chi connectivity index (χ1) is 12.7. The second-order valence-corrected chi connectivity index (χ2v) is 6.33. The van der Waals surface area contributed by atoms with Crippen molar-refractivity contribution in [3.63, 3.8) is 0 Å². The molecule has 0 saturated carbocycles. The number of benzene rings is 1. The van der Waals surface area contributed by atoms with Gasteiger partial charge in [0.05, 0.1) is 20.8 Å². The molecule has 0 fully saturated rings. The molecule has 3 rings (SSSR count). The van der Waals surface area contributed by atoms with E-state index in [1.165, 1.54) is 30.9 Å². The lowest BCUT2D eigenvalue weighted by atomic mass is 10.3. The van der Waals surface area contributed by atoms with E-state index in [0.717, 1.165) is 4.68 Å². The number of carbonyl (C=O) groups is 1. The zero-order valence-electron chi connectivity index (χ0n) is 13.6. The molecule has 0 aliphatic rings. The van der Waals surface area contributed by atoms with Crippen LogP contribution in [0.2, 0.25) is 15.1 Å². The number of carbonyl (C=O) groups excluding carboxylic acids is 1. The van der Waals surface area contributed by atoms with E-state index in [-0.39, 0.29) is 26.7 Å². The summed E-state index contributed by atoms with van der Waals surface area (Å²) in [7, 11) is 2.75. The average molecular weight is 432 g/mol. The molecule has 3 aromatic rings. The highest BCUT2D eigenvalue weighted by atomic mass is 35.5. The van der Waals surface area contributed by atoms with Gasteiger partial charge in [-0.25, -0.2) is 18.7 Å². The van der Waals surface area contributed by atoms with Gasteiger partial charge in [0.2, 0.25) is 11.6 Å². The van der Waals surface area contributed by atoms with E-state index < -0.39 is 22.9 Å². The third kappa shape index (κ3) is 3.31. The average Bonchev–Trinajstić information content (AvgIpc) is 3.02. The number of rotatable bonds is 3. The lowest BCUT2D eigenvalue weighted by Gasteiger charge is -2.12. The molecule has 0 spiro atoms. The maximum atomic E-state index is 12.8. The number of hydrogen-bond acceptors (Lipinski definition) is 7. The quantitative estimate of drug-likeness (QED) is 0.603. The van der Waals surface area contributed by atoms with Crippen molar-refractivity contribution in [3.05, 3.63) is 53.7 Å². The van der Waals surface area contributed by atoms with Gasteiger partial charge >= 0.3 is 5.69 Å². The van der Waals surface area contributed by atoms with Crippen LogP contribution < -0.4 is 16.6 Å². The molecule has 0 radical (unpaired) electrons. The SMILES string of the molecule is Cn1nnnc1NC(=O)c1nn(C)c(=O)n(-c2ccc(Cl)c(Cl)c2Cl)c1=O. The zero-order valence-corrected chi connectivity index (χ0v) is 15.9. The van der Waals surface area contributed by atoms with Crippen LogP contribution in [0.15, 0.2) is 21.7 Å². The molecular formula is C13H9Cl3N8O3. The summed E-state index contributed by atoms with van der Waals surface area (Å²) in [6.45, 7) is 0. The molecule has 14 heteroatoms. The number of hydrogen-bond donors (Lipinski definition) is 1. The third-order valence-corrected chi connectivity index (χ3v) is 4.72. The summed E-state index contributed by atoms with van der Waals surface area (Å²) < 4.78 is 2.65. The van der Waals surface area contributed by atoms with Crippen molar-refractivity contribution in [1.82, 2.24) is 34.6 Å². The van der Waals surface area contributed by atoms with E-state index in [0.29, 0.717) is 4.57 Å². The van der Waals surface area contributed by atoms with Gasteiger partial charge in [0.15, 0.2) is 0 Å². The summed E-state index contributed by atoms with van der Waals surface area (Å²) in [5, 5.41) is 16.5. The zero-order chi connectivity index (χ0) is 19.9. The minimum Gasteiger partial charge on any atom is -0.288 e. The molecule has 140 valence electrons. The van der Waals surface area contributed by atoms with Gasteiger partial charge in [-0.15, -0.1) is 0 Å². The van der Waals surface area contributed by atoms with Crippen LogP contribution in [0.4, 0.5) is 5.95 Å². The predicted molar refractivity (Wildman–Crippen MR) is 96.9 cm³/mol. The van der Waals surface area contributed by atoms with Gasteiger partial charge in [-0.1, -0.05) is 39.9 Å². The molecule has 0 unspecified atom stereocenters. The fourth-order valence-electron chi connectivity index (χ4n) is 2.11. The Morgan fingerprint density at radius 2 is 1.78 bits per heavy atom. The molecular weight excluding hydrogens is 423 g/mol. The van der Waals surface area contributed by atoms with Crippen molar-refractivity contribution in [1.29, 1.82) is 0 Å². The van der Waals surface area contributed by atoms with Crippen molar-refractivity contribution >= 4 is 46.7 Å². The molecule has 1 aromatic carbocycles. The lowest BCUT2D eigenvalue weighted by molar-refractivity contribution is 0.101. The number of anilines is 1. The maximum Gasteiger partial charge on any atom is 0.351 e. The van der Waals surface area contributed by atoms with Gasteiger partial charge in [-0.2, -0.15) is 5.10 Å². The van der Waals surface area contributed by atoms with Crippen molar-refractivity contribution in [2.75, 3.05) is 5.32 Å². The third-order valence-electron chi connectivity index (χ3n) is 3.44. The summed E-state index contributed by atoms with van der Waals surface area (Å²) in [4.78, 5) is 37.7. The van der Waals surface area contributed by atoms with Gasteiger partial charge in [-0.3, -0.25) is 14.9 Å². The Hall–Kier alpha value is -2.76. The minimum absolute atomic E-state index is 0.0193. The summed E-state index contributed by atoms with van der Waals surface area (Å²) in [6, 6.07) is 2.69. The number of nitrogens with one attached hydrogen (secondary N) is 1. The monoisotopic (exact) mass is 430 g/mol. The van der Waals surface area contributed by atoms with E-state index in [1.54, 1.807) is 0 Å². The van der Waals surface area contributed by atoms with Crippen LogP contribution in [0, 0.1) is 0 Å². The molecule has 0 aliphatic carbocycles. The molecule has 1 N–H and O–H groups in total. The first kappa shape index (κ1) is 19.0. The van der Waals surface area contributed by atoms with E-state index in [4.69, 9.17) is 34.8 Å². The largest absolute Gasteiger partial charge is 0.351 e. The van der Waals surface area contributed by atoms with Gasteiger partial charge in [-0.05, 0) is 22.6 Å². The number of amides is 1. The van der Waals surface area contributed by atoms with E-state index >= 15 is 0 Å². The Morgan fingerprint density at radius 1 is 1.07 bits per heavy atom. The Bertz CT molecular complexity index is 1180. The van der Waals surface area contributed by atoms with Crippen molar-refractivity contribution in [2.24, 2.45) is 14.1 Å². The Kier molecular flexibility index (Phi) is 5.00. The molecule has 2 aromatic heterocycles. The fraction of sp³-hybridized carbons (Fsp3) is 0.154. The number of nitrogens with zero attached hydrogens (tertiary/aromatic N) is 7. The summed E-state index contributed by atoms with van der Waals surface area (Å²) in [5.74, 6) is -0.937. The van der Waals surface area contributed by atoms with Crippen LogP contribution in [-0.4, -0.2) is 40.5 Å². The molecule has 27 heavy (non-hydrogen) atoms. The maximum absolute atomic E-state index is 12.8. The van der Waals surface area contributed by atoms with Crippen LogP contribution in [0.3, 0.4) is 0 Å². The minimum atomic E-state index is -1.01. The van der Waals surface area contributed by atoms with Gasteiger partial charge < -0.3 is 0 Å². The molecule has 0 saturated heterocycles. The molecule has 0 aliphatic heterocycles. The first-order valence-corrected chi connectivity index (χ1v) is 8.23. The summed E-state index contributed by atoms with van der Waals surface area (Å²) in [6.07, 6.45) is 0. The molecule has 2 heterocycles. The smallest absolute Gasteiger partial charge is 0.288 e. The highest BCUT2D eigenvalue weighted by Gasteiger charge is 2.23. The van der Waals surface area contributed by atoms with E-state index in [2.05, 4.69) is 25.9 Å². The molecule has 0 atom stereocenters. The Labute approximate surface area is 165 Å². The fourth-order valence-corrected chi connectivity index (χ4v) is 2.73. The van der Waals surface area contributed by atoms with Crippen molar-refractivity contribution < 1.29 is 4.79 Å². The summed E-state index contributed by atoms with van der Waals surface area (Å²) >= 11 is 18.0. The predicted octanol–water partition coefficient (Wildman–Crippen LogP) is 0.667. The van der Waals surface area contributed by atoms with Crippen LogP contribution in [0.1, 0.15) is 10.5 Å². The second kappa shape index (κ2) is 7.10. The summed E-state index contributed by atoms with van der Waals surface area (Å²) in [5.41, 5.74) is -2.47. The number of aromatic nitrogens is 7. The van der Waals surface area contributed by atoms with Gasteiger partial charge in [0.25, 0.3) is 11.5 Å². The standard InChI is InChI=1S/C13H9Cl3N8O3/c1-22-12(18-20-21-22)17-10(25)9-11(26)24(13(27)23(2)19-9)6-4-3-5(14)7(15)8(6)16/h3-4H,1-2H3,(H,17,18,21,25). The Morgan fingerprint density at radius 3 is 2.41 bits per heavy atom. The van der Waals surface area contributed by atoms with E-state index in [1.807, 2.05) is 0 Å². The molecule has 11 nitrogen and oxygen atoms in total. The van der Waals surface area contributed by atoms with Crippen LogP contribution in [0.5, 0.6) is 0 Å². The lowest BCUT2D eigenvalue weighted by Crippen LogP contribution is -2.43. The van der Waals surface area contributed by atoms with Gasteiger partial charge in [0.1, 0.15) is 0 Å². The van der Waals surface area contributed by atoms with Crippen LogP contribution in [0.25, 0.3) is 5.69 Å². The second-order valence-electron chi connectivity index (χ2n) is 5.17. The molecule has 1 amide bonds.